The van der Waals surface area contributed by atoms with Crippen LogP contribution >= 0.6 is 11.3 Å². The summed E-state index contributed by atoms with van der Waals surface area (Å²) in [5, 5.41) is 21.2. The lowest BCUT2D eigenvalue weighted by Gasteiger charge is -2.16. The van der Waals surface area contributed by atoms with E-state index in [2.05, 4.69) is 4.98 Å². The molecule has 0 fully saturated rings. The molecule has 20 heavy (non-hydrogen) atoms. The molecule has 0 bridgehead atoms. The molecule has 106 valence electrons. The molecule has 0 aliphatic carbocycles. The van der Waals surface area contributed by atoms with Crippen molar-refractivity contribution in [3.05, 3.63) is 45.7 Å². The number of aryl methyl sites for hydroxylation is 1. The largest absolute Gasteiger partial charge is 0.488 e. The summed E-state index contributed by atoms with van der Waals surface area (Å²) < 4.78 is 13.4. The molecule has 0 saturated heterocycles. The minimum atomic E-state index is -1.66. The van der Waals surface area contributed by atoms with Crippen molar-refractivity contribution < 1.29 is 14.4 Å². The minimum absolute atomic E-state index is 0.165. The Balaban J connectivity index is 2.05. The molecule has 0 saturated carbocycles. The lowest BCUT2D eigenvalue weighted by Crippen LogP contribution is -2.31. The highest BCUT2D eigenvalue weighted by Crippen LogP contribution is 2.12. The molecule has 0 radical (unpaired) electrons. The van der Waals surface area contributed by atoms with Crippen molar-refractivity contribution in [1.29, 1.82) is 0 Å². The number of hydrogen-bond acceptors (Lipinski definition) is 5. The summed E-state index contributed by atoms with van der Waals surface area (Å²) in [6.45, 7) is 3.13. The summed E-state index contributed by atoms with van der Waals surface area (Å²) in [4.78, 5) is 6.38. The average Bonchev–Trinajstić information content (AvgIpc) is 2.73. The summed E-state index contributed by atoms with van der Waals surface area (Å²) >= 11 is 1.60. The Morgan fingerprint density at radius 2 is 2.05 bits per heavy atom. The fourth-order valence-electron chi connectivity index (χ4n) is 2.04. The molecular formula is C13H16BFN2O2S. The van der Waals surface area contributed by atoms with Crippen LogP contribution in [0, 0.1) is 12.7 Å². The van der Waals surface area contributed by atoms with E-state index in [1.54, 1.807) is 17.4 Å². The first-order valence-electron chi connectivity index (χ1n) is 6.19. The molecule has 4 nitrogen and oxygen atoms in total. The zero-order valence-electron chi connectivity index (χ0n) is 11.4. The highest BCUT2D eigenvalue weighted by Gasteiger charge is 2.14. The highest BCUT2D eigenvalue weighted by molar-refractivity contribution is 7.09. The second-order valence-corrected chi connectivity index (χ2v) is 5.86. The van der Waals surface area contributed by atoms with E-state index < -0.39 is 12.9 Å². The molecule has 0 atom stereocenters. The van der Waals surface area contributed by atoms with Crippen LogP contribution in [0.4, 0.5) is 4.39 Å². The van der Waals surface area contributed by atoms with Crippen molar-refractivity contribution >= 4 is 23.9 Å². The van der Waals surface area contributed by atoms with Crippen LogP contribution in [-0.4, -0.2) is 34.1 Å². The zero-order chi connectivity index (χ0) is 14.7. The standard InChI is InChI=1S/C13H16BFN2O2S/c1-9-16-13(8-20-9)7-17(2)6-10-3-11(14(18)19)5-12(15)4-10/h3-5,8,18-19H,6-7H2,1-2H3. The Morgan fingerprint density at radius 3 is 2.65 bits per heavy atom. The number of benzene rings is 1. The Bertz CT molecular complexity index is 592. The molecule has 2 aromatic rings. The van der Waals surface area contributed by atoms with E-state index in [0.717, 1.165) is 16.8 Å². The van der Waals surface area contributed by atoms with Gasteiger partial charge in [-0.05, 0) is 37.1 Å². The summed E-state index contributed by atoms with van der Waals surface area (Å²) in [6.07, 6.45) is 0. The van der Waals surface area contributed by atoms with Crippen molar-refractivity contribution in [2.75, 3.05) is 7.05 Å². The van der Waals surface area contributed by atoms with Crippen LogP contribution in [0.3, 0.4) is 0 Å². The second kappa shape index (κ2) is 6.45. The van der Waals surface area contributed by atoms with E-state index in [0.29, 0.717) is 18.7 Å². The van der Waals surface area contributed by atoms with Crippen LogP contribution in [0.1, 0.15) is 16.3 Å². The zero-order valence-corrected chi connectivity index (χ0v) is 12.2. The van der Waals surface area contributed by atoms with Gasteiger partial charge in [-0.15, -0.1) is 11.3 Å². The molecule has 7 heteroatoms. The maximum Gasteiger partial charge on any atom is 0.488 e. The van der Waals surface area contributed by atoms with Crippen molar-refractivity contribution in [3.63, 3.8) is 0 Å². The average molecular weight is 294 g/mol. The summed E-state index contributed by atoms with van der Waals surface area (Å²) in [5.41, 5.74) is 1.84. The molecule has 1 aromatic heterocycles. The van der Waals surface area contributed by atoms with Gasteiger partial charge in [0.1, 0.15) is 5.82 Å². The molecule has 0 amide bonds. The minimum Gasteiger partial charge on any atom is -0.423 e. The van der Waals surface area contributed by atoms with E-state index >= 15 is 0 Å². The lowest BCUT2D eigenvalue weighted by atomic mass is 9.79. The molecule has 0 aliphatic rings. The van der Waals surface area contributed by atoms with Crippen LogP contribution in [0.25, 0.3) is 0 Å². The van der Waals surface area contributed by atoms with Gasteiger partial charge in [0.15, 0.2) is 0 Å². The van der Waals surface area contributed by atoms with Gasteiger partial charge in [0.05, 0.1) is 10.7 Å². The fourth-order valence-corrected chi connectivity index (χ4v) is 2.64. The first-order chi connectivity index (χ1) is 9.44. The summed E-state index contributed by atoms with van der Waals surface area (Å²) in [7, 11) is 0.255. The molecule has 2 N–H and O–H groups in total. The van der Waals surface area contributed by atoms with Crippen LogP contribution < -0.4 is 5.46 Å². The van der Waals surface area contributed by atoms with Gasteiger partial charge in [-0.25, -0.2) is 9.37 Å². The summed E-state index contributed by atoms with van der Waals surface area (Å²) in [6, 6.07) is 4.11. The monoisotopic (exact) mass is 294 g/mol. The van der Waals surface area contributed by atoms with Crippen LogP contribution in [0.2, 0.25) is 0 Å². The molecular weight excluding hydrogens is 278 g/mol. The number of halogens is 1. The molecule has 0 aliphatic heterocycles. The van der Waals surface area contributed by atoms with Gasteiger partial charge in [-0.1, -0.05) is 6.07 Å². The van der Waals surface area contributed by atoms with Crippen molar-refractivity contribution in [3.8, 4) is 0 Å². The normalized spacial score (nSPS) is 11.1. The quantitative estimate of drug-likeness (QED) is 0.805. The van der Waals surface area contributed by atoms with Crippen LogP contribution in [-0.2, 0) is 13.1 Å². The van der Waals surface area contributed by atoms with Gasteiger partial charge < -0.3 is 10.0 Å². The number of rotatable bonds is 5. The Kier molecular flexibility index (Phi) is 4.88. The van der Waals surface area contributed by atoms with Crippen molar-refractivity contribution in [2.24, 2.45) is 0 Å². The van der Waals surface area contributed by atoms with Crippen LogP contribution in [0.5, 0.6) is 0 Å². The molecule has 1 heterocycles. The first kappa shape index (κ1) is 15.1. The number of thiazole rings is 1. The summed E-state index contributed by atoms with van der Waals surface area (Å²) in [5.74, 6) is -0.469. The van der Waals surface area contributed by atoms with E-state index in [1.165, 1.54) is 6.07 Å². The molecule has 1 aromatic carbocycles. The highest BCUT2D eigenvalue weighted by atomic mass is 32.1. The predicted octanol–water partition coefficient (Wildman–Crippen LogP) is 0.902. The molecule has 2 rings (SSSR count). The van der Waals surface area contributed by atoms with Crippen molar-refractivity contribution in [1.82, 2.24) is 9.88 Å². The van der Waals surface area contributed by atoms with Gasteiger partial charge in [-0.2, -0.15) is 0 Å². The number of hydrogen-bond donors (Lipinski definition) is 2. The maximum absolute atomic E-state index is 13.4. The van der Waals surface area contributed by atoms with Gasteiger partial charge in [0, 0.05) is 18.5 Å². The number of nitrogens with zero attached hydrogens (tertiary/aromatic N) is 2. The Hall–Kier alpha value is -1.28. The smallest absolute Gasteiger partial charge is 0.423 e. The second-order valence-electron chi connectivity index (χ2n) is 4.80. The van der Waals surface area contributed by atoms with E-state index in [1.807, 2.05) is 24.3 Å². The third-order valence-electron chi connectivity index (χ3n) is 2.83. The van der Waals surface area contributed by atoms with Gasteiger partial charge in [0.2, 0.25) is 0 Å². The Morgan fingerprint density at radius 1 is 1.30 bits per heavy atom. The molecule has 0 unspecified atom stereocenters. The molecule has 0 spiro atoms. The van der Waals surface area contributed by atoms with Gasteiger partial charge >= 0.3 is 7.12 Å². The lowest BCUT2D eigenvalue weighted by molar-refractivity contribution is 0.315. The number of aromatic nitrogens is 1. The first-order valence-corrected chi connectivity index (χ1v) is 7.07. The van der Waals surface area contributed by atoms with E-state index in [9.17, 15) is 4.39 Å². The topological polar surface area (TPSA) is 56.6 Å². The third-order valence-corrected chi connectivity index (χ3v) is 3.65. The van der Waals surface area contributed by atoms with E-state index in [-0.39, 0.29) is 5.46 Å². The van der Waals surface area contributed by atoms with Crippen molar-refractivity contribution in [2.45, 2.75) is 20.0 Å². The van der Waals surface area contributed by atoms with Gasteiger partial charge in [-0.3, -0.25) is 4.90 Å². The Labute approximate surface area is 121 Å². The fraction of sp³-hybridized carbons (Fsp3) is 0.308. The SMILES string of the molecule is Cc1nc(CN(C)Cc2cc(F)cc(B(O)O)c2)cs1. The van der Waals surface area contributed by atoms with E-state index in [4.69, 9.17) is 10.0 Å². The van der Waals surface area contributed by atoms with Gasteiger partial charge in [0.25, 0.3) is 0 Å². The third kappa shape index (κ3) is 4.11. The van der Waals surface area contributed by atoms with Crippen LogP contribution in [0.15, 0.2) is 23.6 Å². The predicted molar refractivity (Wildman–Crippen MR) is 78.2 cm³/mol. The maximum atomic E-state index is 13.4.